The minimum Gasteiger partial charge on any atom is -0.495 e. The van der Waals surface area contributed by atoms with Gasteiger partial charge in [-0.15, -0.1) is 11.3 Å². The third-order valence-corrected chi connectivity index (χ3v) is 7.52. The number of fused-ring (bicyclic) bond motifs is 2. The predicted octanol–water partition coefficient (Wildman–Crippen LogP) is 5.87. The number of nitrogens with one attached hydrogen (secondary N) is 1. The molecule has 1 unspecified atom stereocenters. The van der Waals surface area contributed by atoms with Crippen molar-refractivity contribution in [2.45, 2.75) is 38.6 Å². The van der Waals surface area contributed by atoms with Gasteiger partial charge in [-0.1, -0.05) is 29.8 Å². The molecule has 6 nitrogen and oxygen atoms in total. The number of nitrogens with zero attached hydrogens (tertiary/aromatic N) is 2. The average Bonchev–Trinajstić information content (AvgIpc) is 3.29. The van der Waals surface area contributed by atoms with E-state index in [-0.39, 0.29) is 11.5 Å². The maximum absolute atomic E-state index is 13.6. The molecular formula is C26H24ClN3O3S. The minimum absolute atomic E-state index is 0.236. The molecule has 2 aromatic carbocycles. The Morgan fingerprint density at radius 3 is 2.76 bits per heavy atom. The number of rotatable bonds is 5. The van der Waals surface area contributed by atoms with Crippen molar-refractivity contribution in [2.75, 3.05) is 12.4 Å². The first-order valence-electron chi connectivity index (χ1n) is 11.2. The summed E-state index contributed by atoms with van der Waals surface area (Å²) in [5, 5.41) is 5.81. The quantitative estimate of drug-likeness (QED) is 0.377. The van der Waals surface area contributed by atoms with Crippen LogP contribution in [0.5, 0.6) is 5.75 Å². The average molecular weight is 494 g/mol. The number of anilines is 1. The fourth-order valence-electron chi connectivity index (χ4n) is 4.48. The number of amides is 1. The van der Waals surface area contributed by atoms with E-state index < -0.39 is 6.04 Å². The Morgan fingerprint density at radius 2 is 1.97 bits per heavy atom. The van der Waals surface area contributed by atoms with Crippen molar-refractivity contribution in [3.05, 3.63) is 74.6 Å². The van der Waals surface area contributed by atoms with Gasteiger partial charge in [0.25, 0.3) is 5.56 Å². The number of ether oxygens (including phenoxy) is 1. The molecule has 0 bridgehead atoms. The molecule has 0 saturated carbocycles. The minimum atomic E-state index is -0.788. The summed E-state index contributed by atoms with van der Waals surface area (Å²) in [5.74, 6) is 0.118. The van der Waals surface area contributed by atoms with Crippen LogP contribution in [0.1, 0.15) is 36.9 Å². The lowest BCUT2D eigenvalue weighted by Crippen LogP contribution is -2.31. The van der Waals surface area contributed by atoms with Gasteiger partial charge >= 0.3 is 0 Å². The Hall–Kier alpha value is -3.16. The SMILES string of the molecule is COc1ccc(Cl)cc1NC(=O)C(C)n1cnc2scc(-c3ccc4c(c3)CCCC4)c2c1=O. The highest BCUT2D eigenvalue weighted by atomic mass is 35.5. The van der Waals surface area contributed by atoms with E-state index in [2.05, 4.69) is 28.5 Å². The summed E-state index contributed by atoms with van der Waals surface area (Å²) in [5.41, 5.74) is 4.84. The van der Waals surface area contributed by atoms with E-state index in [1.54, 1.807) is 25.1 Å². The molecule has 1 aliphatic rings. The smallest absolute Gasteiger partial charge is 0.263 e. The van der Waals surface area contributed by atoms with Gasteiger partial charge in [-0.25, -0.2) is 4.98 Å². The van der Waals surface area contributed by atoms with Crippen LogP contribution in [0.3, 0.4) is 0 Å². The fourth-order valence-corrected chi connectivity index (χ4v) is 5.55. The Balaban J connectivity index is 1.50. The Morgan fingerprint density at radius 1 is 1.18 bits per heavy atom. The molecule has 2 heterocycles. The van der Waals surface area contributed by atoms with Gasteiger partial charge in [0.15, 0.2) is 0 Å². The first kappa shape index (κ1) is 22.6. The van der Waals surface area contributed by atoms with Crippen molar-refractivity contribution < 1.29 is 9.53 Å². The topological polar surface area (TPSA) is 73.2 Å². The monoisotopic (exact) mass is 493 g/mol. The van der Waals surface area contributed by atoms with Crippen LogP contribution in [-0.2, 0) is 17.6 Å². The summed E-state index contributed by atoms with van der Waals surface area (Å²) in [6.45, 7) is 1.67. The number of carbonyl (C=O) groups is 1. The first-order valence-corrected chi connectivity index (χ1v) is 12.5. The van der Waals surface area contributed by atoms with Gasteiger partial charge in [0, 0.05) is 16.0 Å². The van der Waals surface area contributed by atoms with Crippen molar-refractivity contribution in [1.82, 2.24) is 9.55 Å². The number of hydrogen-bond acceptors (Lipinski definition) is 5. The molecule has 2 aromatic heterocycles. The maximum atomic E-state index is 13.6. The number of methoxy groups -OCH3 is 1. The molecule has 1 amide bonds. The number of benzene rings is 2. The number of halogens is 1. The molecule has 4 aromatic rings. The largest absolute Gasteiger partial charge is 0.495 e. The summed E-state index contributed by atoms with van der Waals surface area (Å²) in [7, 11) is 1.52. The Kier molecular flexibility index (Phi) is 6.15. The van der Waals surface area contributed by atoms with E-state index in [0.717, 1.165) is 24.0 Å². The van der Waals surface area contributed by atoms with Crippen molar-refractivity contribution in [1.29, 1.82) is 0 Å². The second-order valence-corrected chi connectivity index (χ2v) is 9.78. The first-order chi connectivity index (χ1) is 16.5. The molecule has 1 N–H and O–H groups in total. The standard InChI is InChI=1S/C26H24ClN3O3S/c1-15(24(31)29-21-12-19(27)9-10-22(21)33-2)30-14-28-25-23(26(30)32)20(13-34-25)18-8-7-16-5-3-4-6-17(16)11-18/h7-15H,3-6H2,1-2H3,(H,29,31). The van der Waals surface area contributed by atoms with Gasteiger partial charge in [-0.05, 0) is 67.5 Å². The molecule has 0 fully saturated rings. The molecule has 1 atom stereocenters. The number of carbonyl (C=O) groups excluding carboxylic acids is 1. The van der Waals surface area contributed by atoms with Crippen LogP contribution in [0, 0.1) is 0 Å². The lowest BCUT2D eigenvalue weighted by atomic mass is 9.89. The number of thiophene rings is 1. The van der Waals surface area contributed by atoms with Gasteiger partial charge in [0.2, 0.25) is 5.91 Å². The van der Waals surface area contributed by atoms with Crippen LogP contribution in [0.25, 0.3) is 21.3 Å². The van der Waals surface area contributed by atoms with Crippen LogP contribution in [0.4, 0.5) is 5.69 Å². The van der Waals surface area contributed by atoms with Crippen LogP contribution in [0.2, 0.25) is 5.02 Å². The molecule has 174 valence electrons. The summed E-state index contributed by atoms with van der Waals surface area (Å²) < 4.78 is 6.69. The highest BCUT2D eigenvalue weighted by molar-refractivity contribution is 7.17. The molecule has 0 saturated heterocycles. The van der Waals surface area contributed by atoms with E-state index in [1.807, 2.05) is 5.38 Å². The third-order valence-electron chi connectivity index (χ3n) is 6.39. The zero-order chi connectivity index (χ0) is 23.8. The van der Waals surface area contributed by atoms with Crippen molar-refractivity contribution in [3.8, 4) is 16.9 Å². The summed E-state index contributed by atoms with van der Waals surface area (Å²) >= 11 is 7.52. The van der Waals surface area contributed by atoms with Crippen LogP contribution < -0.4 is 15.6 Å². The van der Waals surface area contributed by atoms with E-state index >= 15 is 0 Å². The van der Waals surface area contributed by atoms with Gasteiger partial charge in [-0.2, -0.15) is 0 Å². The normalized spacial score (nSPS) is 14.0. The zero-order valence-electron chi connectivity index (χ0n) is 18.9. The molecule has 1 aliphatic carbocycles. The van der Waals surface area contributed by atoms with Gasteiger partial charge in [0.1, 0.15) is 16.6 Å². The van der Waals surface area contributed by atoms with Gasteiger partial charge in [-0.3, -0.25) is 14.2 Å². The summed E-state index contributed by atoms with van der Waals surface area (Å²) in [4.78, 5) is 31.7. The highest BCUT2D eigenvalue weighted by Gasteiger charge is 2.22. The highest BCUT2D eigenvalue weighted by Crippen LogP contribution is 2.34. The van der Waals surface area contributed by atoms with Gasteiger partial charge < -0.3 is 10.1 Å². The second-order valence-electron chi connectivity index (χ2n) is 8.49. The van der Waals surface area contributed by atoms with Gasteiger partial charge in [0.05, 0.1) is 24.5 Å². The lowest BCUT2D eigenvalue weighted by molar-refractivity contribution is -0.118. The second kappa shape index (κ2) is 9.24. The Labute approximate surface area is 206 Å². The predicted molar refractivity (Wildman–Crippen MR) is 137 cm³/mol. The van der Waals surface area contributed by atoms with E-state index in [1.165, 1.54) is 53.3 Å². The summed E-state index contributed by atoms with van der Waals surface area (Å²) in [6, 6.07) is 10.7. The molecule has 8 heteroatoms. The molecule has 34 heavy (non-hydrogen) atoms. The van der Waals surface area contributed by atoms with E-state index in [4.69, 9.17) is 16.3 Å². The molecule has 0 spiro atoms. The van der Waals surface area contributed by atoms with Crippen molar-refractivity contribution >= 4 is 44.7 Å². The number of aryl methyl sites for hydroxylation is 2. The number of hydrogen-bond donors (Lipinski definition) is 1. The van der Waals surface area contributed by atoms with Crippen molar-refractivity contribution in [2.24, 2.45) is 0 Å². The third kappa shape index (κ3) is 4.10. The zero-order valence-corrected chi connectivity index (χ0v) is 20.5. The van der Waals surface area contributed by atoms with Crippen LogP contribution in [0.15, 0.2) is 52.9 Å². The van der Waals surface area contributed by atoms with Crippen LogP contribution in [-0.4, -0.2) is 22.6 Å². The fraction of sp³-hybridized carbons (Fsp3) is 0.269. The Bertz CT molecular complexity index is 1460. The molecule has 5 rings (SSSR count). The maximum Gasteiger partial charge on any atom is 0.263 e. The lowest BCUT2D eigenvalue weighted by Gasteiger charge is -2.17. The van der Waals surface area contributed by atoms with Crippen molar-refractivity contribution in [3.63, 3.8) is 0 Å². The number of aromatic nitrogens is 2. The molecule has 0 radical (unpaired) electrons. The molecular weight excluding hydrogens is 470 g/mol. The van der Waals surface area contributed by atoms with E-state index in [9.17, 15) is 9.59 Å². The molecule has 0 aliphatic heterocycles. The van der Waals surface area contributed by atoms with Crippen LogP contribution >= 0.6 is 22.9 Å². The van der Waals surface area contributed by atoms with E-state index in [0.29, 0.717) is 26.7 Å². The summed E-state index contributed by atoms with van der Waals surface area (Å²) in [6.07, 6.45) is 6.04.